The van der Waals surface area contributed by atoms with Crippen molar-refractivity contribution in [3.63, 3.8) is 0 Å². The molecular weight excluding hydrogens is 208 g/mol. The van der Waals surface area contributed by atoms with Crippen molar-refractivity contribution in [1.29, 1.82) is 0 Å². The molecule has 2 heterocycles. The number of terminal acetylenes is 1. The maximum Gasteiger partial charge on any atom is 0.181 e. The van der Waals surface area contributed by atoms with E-state index in [1.807, 2.05) is 0 Å². The summed E-state index contributed by atoms with van der Waals surface area (Å²) in [6.07, 6.45) is 10.2. The van der Waals surface area contributed by atoms with Gasteiger partial charge in [-0.1, -0.05) is 0 Å². The van der Waals surface area contributed by atoms with Crippen LogP contribution in [0, 0.1) is 12.3 Å². The number of thioether (sulfide) groups is 1. The minimum atomic E-state index is 0.712. The Hall–Kier alpha value is -1.54. The highest BCUT2D eigenvalue weighted by atomic mass is 32.2. The Morgan fingerprint density at radius 2 is 2.33 bits per heavy atom. The molecular formula is C10H10N4S. The average molecular weight is 218 g/mol. The molecule has 0 fully saturated rings. The third-order valence-corrected chi connectivity index (χ3v) is 2.97. The number of hydrogen-bond acceptors (Lipinski definition) is 4. The first-order chi connectivity index (χ1) is 7.42. The summed E-state index contributed by atoms with van der Waals surface area (Å²) in [4.78, 5) is 15.4. The van der Waals surface area contributed by atoms with Crippen molar-refractivity contribution in [2.75, 3.05) is 5.75 Å². The van der Waals surface area contributed by atoms with Gasteiger partial charge in [0.05, 0.1) is 6.33 Å². The number of nitrogens with one attached hydrogen (secondary N) is 1. The van der Waals surface area contributed by atoms with Gasteiger partial charge in [-0.3, -0.25) is 0 Å². The Balaban J connectivity index is 2.08. The zero-order valence-electron chi connectivity index (χ0n) is 8.10. The van der Waals surface area contributed by atoms with Crippen LogP contribution in [0.5, 0.6) is 0 Å². The number of H-pyrrole nitrogens is 1. The zero-order valence-corrected chi connectivity index (χ0v) is 8.92. The summed E-state index contributed by atoms with van der Waals surface area (Å²) in [5.74, 6) is 3.59. The maximum atomic E-state index is 5.18. The van der Waals surface area contributed by atoms with Crippen molar-refractivity contribution in [3.8, 4) is 12.3 Å². The lowest BCUT2D eigenvalue weighted by atomic mass is 10.4. The van der Waals surface area contributed by atoms with Gasteiger partial charge in [-0.15, -0.1) is 24.1 Å². The summed E-state index contributed by atoms with van der Waals surface area (Å²) in [5, 5.41) is 0.939. The molecule has 0 saturated heterocycles. The molecule has 15 heavy (non-hydrogen) atoms. The molecule has 0 aliphatic rings. The zero-order chi connectivity index (χ0) is 10.5. The van der Waals surface area contributed by atoms with Crippen LogP contribution < -0.4 is 0 Å². The summed E-state index contributed by atoms with van der Waals surface area (Å²) >= 11 is 1.68. The molecule has 0 spiro atoms. The van der Waals surface area contributed by atoms with Crippen molar-refractivity contribution in [1.82, 2.24) is 19.9 Å². The van der Waals surface area contributed by atoms with Gasteiger partial charge in [0.2, 0.25) is 0 Å². The Morgan fingerprint density at radius 3 is 3.20 bits per heavy atom. The Kier molecular flexibility index (Phi) is 3.20. The molecule has 0 atom stereocenters. The summed E-state index contributed by atoms with van der Waals surface area (Å²) in [6, 6.07) is 0. The van der Waals surface area contributed by atoms with E-state index < -0.39 is 0 Å². The standard InChI is InChI=1S/C10H10N4S/c1-2-3-4-5-15-10-8-9(12-6-11-8)13-7-14-10/h1,6-7H,3-5H2,(H,11,12,13,14). The topological polar surface area (TPSA) is 54.5 Å². The second-order valence-electron chi connectivity index (χ2n) is 2.94. The summed E-state index contributed by atoms with van der Waals surface area (Å²) < 4.78 is 0. The number of hydrogen-bond donors (Lipinski definition) is 1. The van der Waals surface area contributed by atoms with E-state index in [0.717, 1.165) is 29.1 Å². The van der Waals surface area contributed by atoms with Crippen LogP contribution in [0.3, 0.4) is 0 Å². The lowest BCUT2D eigenvalue weighted by Gasteiger charge is -1.99. The van der Waals surface area contributed by atoms with Crippen LogP contribution in [0.4, 0.5) is 0 Å². The van der Waals surface area contributed by atoms with E-state index in [4.69, 9.17) is 6.42 Å². The normalized spacial score (nSPS) is 10.3. The third-order valence-electron chi connectivity index (χ3n) is 1.89. The minimum Gasteiger partial charge on any atom is -0.341 e. The number of imidazole rings is 1. The van der Waals surface area contributed by atoms with E-state index in [1.54, 1.807) is 18.1 Å². The van der Waals surface area contributed by atoms with Gasteiger partial charge in [0.25, 0.3) is 0 Å². The molecule has 0 unspecified atom stereocenters. The van der Waals surface area contributed by atoms with Crippen molar-refractivity contribution >= 4 is 22.9 Å². The molecule has 0 radical (unpaired) electrons. The quantitative estimate of drug-likeness (QED) is 0.368. The maximum absolute atomic E-state index is 5.18. The van der Waals surface area contributed by atoms with Crippen LogP contribution in [-0.2, 0) is 0 Å². The fraction of sp³-hybridized carbons (Fsp3) is 0.300. The fourth-order valence-corrected chi connectivity index (χ4v) is 2.09. The summed E-state index contributed by atoms with van der Waals surface area (Å²) in [6.45, 7) is 0. The largest absolute Gasteiger partial charge is 0.341 e. The van der Waals surface area contributed by atoms with Gasteiger partial charge in [0.1, 0.15) is 16.9 Å². The third kappa shape index (κ3) is 2.28. The van der Waals surface area contributed by atoms with Gasteiger partial charge < -0.3 is 4.98 Å². The van der Waals surface area contributed by atoms with E-state index in [1.165, 1.54) is 6.33 Å². The molecule has 0 amide bonds. The molecule has 0 aromatic carbocycles. The van der Waals surface area contributed by atoms with Crippen molar-refractivity contribution < 1.29 is 0 Å². The number of aromatic nitrogens is 4. The van der Waals surface area contributed by atoms with E-state index in [-0.39, 0.29) is 0 Å². The lowest BCUT2D eigenvalue weighted by molar-refractivity contribution is 0.991. The Labute approximate surface area is 91.9 Å². The number of aromatic amines is 1. The van der Waals surface area contributed by atoms with E-state index in [2.05, 4.69) is 25.9 Å². The van der Waals surface area contributed by atoms with Crippen molar-refractivity contribution in [3.05, 3.63) is 12.7 Å². The molecule has 2 aromatic rings. The Morgan fingerprint density at radius 1 is 1.40 bits per heavy atom. The summed E-state index contributed by atoms with van der Waals surface area (Å²) in [5.41, 5.74) is 1.62. The highest BCUT2D eigenvalue weighted by Crippen LogP contribution is 2.22. The molecule has 2 aromatic heterocycles. The van der Waals surface area contributed by atoms with Gasteiger partial charge >= 0.3 is 0 Å². The number of nitrogens with zero attached hydrogens (tertiary/aromatic N) is 3. The first kappa shape index (κ1) is 9.99. The molecule has 2 rings (SSSR count). The number of rotatable bonds is 4. The molecule has 0 aliphatic heterocycles. The van der Waals surface area contributed by atoms with Crippen LogP contribution in [-0.4, -0.2) is 25.7 Å². The predicted molar refractivity (Wildman–Crippen MR) is 60.5 cm³/mol. The smallest absolute Gasteiger partial charge is 0.181 e. The highest BCUT2D eigenvalue weighted by molar-refractivity contribution is 7.99. The number of unbranched alkanes of at least 4 members (excludes halogenated alkanes) is 1. The van der Waals surface area contributed by atoms with Gasteiger partial charge in [-0.05, 0) is 6.42 Å². The lowest BCUT2D eigenvalue weighted by Crippen LogP contribution is -1.87. The number of fused-ring (bicyclic) bond motifs is 1. The van der Waals surface area contributed by atoms with Gasteiger partial charge in [-0.25, -0.2) is 15.0 Å². The molecule has 76 valence electrons. The predicted octanol–water partition coefficient (Wildman–Crippen LogP) is 1.86. The van der Waals surface area contributed by atoms with Gasteiger partial charge in [0.15, 0.2) is 5.65 Å². The molecule has 0 bridgehead atoms. The highest BCUT2D eigenvalue weighted by Gasteiger charge is 2.05. The van der Waals surface area contributed by atoms with Crippen LogP contribution in [0.25, 0.3) is 11.2 Å². The second-order valence-corrected chi connectivity index (χ2v) is 4.02. The fourth-order valence-electron chi connectivity index (χ4n) is 1.20. The van der Waals surface area contributed by atoms with Crippen LogP contribution >= 0.6 is 11.8 Å². The van der Waals surface area contributed by atoms with Gasteiger partial charge in [-0.2, -0.15) is 0 Å². The van der Waals surface area contributed by atoms with Crippen LogP contribution in [0.1, 0.15) is 12.8 Å². The molecule has 4 nitrogen and oxygen atoms in total. The summed E-state index contributed by atoms with van der Waals surface area (Å²) in [7, 11) is 0. The van der Waals surface area contributed by atoms with Crippen LogP contribution in [0.15, 0.2) is 17.7 Å². The van der Waals surface area contributed by atoms with Gasteiger partial charge in [0, 0.05) is 12.2 Å². The van der Waals surface area contributed by atoms with Crippen LogP contribution in [0.2, 0.25) is 0 Å². The minimum absolute atomic E-state index is 0.712. The van der Waals surface area contributed by atoms with Crippen molar-refractivity contribution in [2.24, 2.45) is 0 Å². The SMILES string of the molecule is C#CCCCSc1ncnc2nc[nH]c12. The molecule has 0 aliphatic carbocycles. The molecule has 0 saturated carbocycles. The van der Waals surface area contributed by atoms with E-state index in [0.29, 0.717) is 5.65 Å². The average Bonchev–Trinajstić information content (AvgIpc) is 2.73. The first-order valence-electron chi connectivity index (χ1n) is 4.62. The molecule has 1 N–H and O–H groups in total. The van der Waals surface area contributed by atoms with Crippen molar-refractivity contribution in [2.45, 2.75) is 17.9 Å². The van der Waals surface area contributed by atoms with E-state index >= 15 is 0 Å². The van der Waals surface area contributed by atoms with E-state index in [9.17, 15) is 0 Å². The molecule has 5 heteroatoms. The second kappa shape index (κ2) is 4.80. The first-order valence-corrected chi connectivity index (χ1v) is 5.60. The Bertz CT molecular complexity index is 485. The monoisotopic (exact) mass is 218 g/mol.